The lowest BCUT2D eigenvalue weighted by Crippen LogP contribution is -2.54. The van der Waals surface area contributed by atoms with Crippen LogP contribution in [0.2, 0.25) is 0 Å². The fourth-order valence-electron chi connectivity index (χ4n) is 2.34. The summed E-state index contributed by atoms with van der Waals surface area (Å²) in [6, 6.07) is 5.60. The average Bonchev–Trinajstić information content (AvgIpc) is 2.42. The molecule has 0 aliphatic carbocycles. The van der Waals surface area contributed by atoms with Crippen LogP contribution >= 0.6 is 15.9 Å². The van der Waals surface area contributed by atoms with E-state index in [-0.39, 0.29) is 5.91 Å². The Kier molecular flexibility index (Phi) is 5.01. The Morgan fingerprint density at radius 2 is 2.20 bits per heavy atom. The first-order chi connectivity index (χ1) is 9.47. The van der Waals surface area contributed by atoms with Crippen LogP contribution in [-0.4, -0.2) is 62.0 Å². The van der Waals surface area contributed by atoms with Crippen molar-refractivity contribution in [2.24, 2.45) is 0 Å². The van der Waals surface area contributed by atoms with Crippen molar-refractivity contribution in [2.45, 2.75) is 6.04 Å². The molecule has 6 heteroatoms. The third-order valence-corrected chi connectivity index (χ3v) is 4.40. The molecule has 2 rings (SSSR count). The van der Waals surface area contributed by atoms with Gasteiger partial charge in [0, 0.05) is 42.4 Å². The number of carbonyl (C=O) groups is 1. The number of nitrogen functional groups attached to an aromatic ring is 1. The first-order valence-electron chi connectivity index (χ1n) is 6.69. The minimum absolute atomic E-state index is 0.0919. The number of benzene rings is 1. The lowest BCUT2D eigenvalue weighted by atomic mass is 10.1. The number of likely N-dealkylation sites (N-methyl/N-ethyl adjacent to an activating group) is 2. The Hall–Kier alpha value is -1.11. The number of nitrogens with zero attached hydrogens (tertiary/aromatic N) is 2. The van der Waals surface area contributed by atoms with Gasteiger partial charge in [-0.15, -0.1) is 0 Å². The number of hydrogen-bond donors (Lipinski definition) is 2. The molecule has 0 radical (unpaired) electrons. The van der Waals surface area contributed by atoms with Crippen LogP contribution in [0.5, 0.6) is 0 Å². The molecule has 0 spiro atoms. The number of nitrogens with two attached hydrogens (primary N) is 1. The monoisotopic (exact) mass is 340 g/mol. The third kappa shape index (κ3) is 3.71. The fourth-order valence-corrected chi connectivity index (χ4v) is 2.77. The van der Waals surface area contributed by atoms with Gasteiger partial charge in [0.1, 0.15) is 0 Å². The van der Waals surface area contributed by atoms with E-state index in [0.29, 0.717) is 23.8 Å². The molecule has 0 aromatic heterocycles. The first kappa shape index (κ1) is 15.3. The number of piperazine rings is 1. The molecule has 1 aromatic carbocycles. The van der Waals surface area contributed by atoms with E-state index in [2.05, 4.69) is 45.1 Å². The second-order valence-corrected chi connectivity index (χ2v) is 6.20. The zero-order valence-electron chi connectivity index (χ0n) is 11.9. The molecular weight excluding hydrogens is 320 g/mol. The topological polar surface area (TPSA) is 61.6 Å². The number of rotatable bonds is 3. The number of halogens is 1. The van der Waals surface area contributed by atoms with Crippen molar-refractivity contribution in [3.63, 3.8) is 0 Å². The highest BCUT2D eigenvalue weighted by atomic mass is 79.9. The van der Waals surface area contributed by atoms with Crippen LogP contribution in [0, 0.1) is 0 Å². The van der Waals surface area contributed by atoms with E-state index >= 15 is 0 Å². The Morgan fingerprint density at radius 3 is 2.95 bits per heavy atom. The summed E-state index contributed by atoms with van der Waals surface area (Å²) in [5, 5.41) is 2.99. The van der Waals surface area contributed by atoms with Crippen molar-refractivity contribution in [1.82, 2.24) is 15.1 Å². The van der Waals surface area contributed by atoms with E-state index in [1.54, 1.807) is 18.2 Å². The predicted octanol–water partition coefficient (Wildman–Crippen LogP) is 1.01. The normalized spacial score (nSPS) is 20.9. The first-order valence-corrected chi connectivity index (χ1v) is 7.48. The molecule has 5 nitrogen and oxygen atoms in total. The van der Waals surface area contributed by atoms with Gasteiger partial charge < -0.3 is 16.0 Å². The maximum atomic E-state index is 12.2. The van der Waals surface area contributed by atoms with Gasteiger partial charge in [-0.3, -0.25) is 9.69 Å². The molecular formula is C14H21BrN4O. The second-order valence-electron chi connectivity index (χ2n) is 5.35. The molecule has 1 unspecified atom stereocenters. The van der Waals surface area contributed by atoms with Gasteiger partial charge in [0.05, 0.1) is 5.56 Å². The largest absolute Gasteiger partial charge is 0.399 e. The number of hydrogen-bond acceptors (Lipinski definition) is 4. The van der Waals surface area contributed by atoms with Crippen molar-refractivity contribution in [1.29, 1.82) is 0 Å². The molecule has 20 heavy (non-hydrogen) atoms. The quantitative estimate of drug-likeness (QED) is 0.806. The molecule has 1 aliphatic heterocycles. The summed E-state index contributed by atoms with van der Waals surface area (Å²) in [5.41, 5.74) is 6.90. The fraction of sp³-hybridized carbons (Fsp3) is 0.500. The van der Waals surface area contributed by atoms with Crippen LogP contribution in [-0.2, 0) is 0 Å². The van der Waals surface area contributed by atoms with Gasteiger partial charge in [-0.05, 0) is 48.2 Å². The van der Waals surface area contributed by atoms with Crippen molar-refractivity contribution in [3.05, 3.63) is 28.2 Å². The maximum absolute atomic E-state index is 12.2. The van der Waals surface area contributed by atoms with Crippen molar-refractivity contribution < 1.29 is 4.79 Å². The summed E-state index contributed by atoms with van der Waals surface area (Å²) >= 11 is 3.38. The number of anilines is 1. The van der Waals surface area contributed by atoms with E-state index < -0.39 is 0 Å². The average molecular weight is 341 g/mol. The summed E-state index contributed by atoms with van der Waals surface area (Å²) < 4.78 is 0.762. The highest BCUT2D eigenvalue weighted by Crippen LogP contribution is 2.19. The van der Waals surface area contributed by atoms with Gasteiger partial charge in [0.15, 0.2) is 0 Å². The highest BCUT2D eigenvalue weighted by Gasteiger charge is 2.22. The smallest absolute Gasteiger partial charge is 0.252 e. The van der Waals surface area contributed by atoms with Crippen molar-refractivity contribution in [2.75, 3.05) is 46.0 Å². The molecule has 1 aliphatic rings. The zero-order valence-corrected chi connectivity index (χ0v) is 13.5. The van der Waals surface area contributed by atoms with Crippen LogP contribution in [0.1, 0.15) is 10.4 Å². The predicted molar refractivity (Wildman–Crippen MR) is 84.8 cm³/mol. The number of carbonyl (C=O) groups excluding carboxylic acids is 1. The summed E-state index contributed by atoms with van der Waals surface area (Å²) in [4.78, 5) is 16.8. The Bertz CT molecular complexity index is 494. The molecule has 0 saturated carbocycles. The van der Waals surface area contributed by atoms with Gasteiger partial charge in [-0.2, -0.15) is 0 Å². The molecule has 1 amide bonds. The van der Waals surface area contributed by atoms with Gasteiger partial charge in [0.2, 0.25) is 0 Å². The van der Waals surface area contributed by atoms with E-state index in [1.807, 2.05) is 0 Å². The molecule has 1 saturated heterocycles. The van der Waals surface area contributed by atoms with Crippen LogP contribution < -0.4 is 11.1 Å². The summed E-state index contributed by atoms with van der Waals surface area (Å²) in [6.07, 6.45) is 0. The number of amides is 1. The van der Waals surface area contributed by atoms with Crippen molar-refractivity contribution >= 4 is 27.5 Å². The Labute approximate surface area is 128 Å². The molecule has 1 fully saturated rings. The summed E-state index contributed by atoms with van der Waals surface area (Å²) in [7, 11) is 4.20. The van der Waals surface area contributed by atoms with Gasteiger partial charge in [-0.25, -0.2) is 0 Å². The Balaban J connectivity index is 1.96. The summed E-state index contributed by atoms with van der Waals surface area (Å²) in [5.74, 6) is -0.0919. The molecule has 1 aromatic rings. The van der Waals surface area contributed by atoms with E-state index in [9.17, 15) is 4.79 Å². The Morgan fingerprint density at radius 1 is 1.45 bits per heavy atom. The molecule has 1 heterocycles. The molecule has 3 N–H and O–H groups in total. The zero-order chi connectivity index (χ0) is 14.7. The van der Waals surface area contributed by atoms with Crippen molar-refractivity contribution in [3.8, 4) is 0 Å². The van der Waals surface area contributed by atoms with Crippen LogP contribution in [0.25, 0.3) is 0 Å². The second kappa shape index (κ2) is 6.56. The molecule has 1 atom stereocenters. The van der Waals surface area contributed by atoms with E-state index in [1.165, 1.54) is 0 Å². The minimum atomic E-state index is -0.0919. The van der Waals surface area contributed by atoms with Gasteiger partial charge in [0.25, 0.3) is 5.91 Å². The lowest BCUT2D eigenvalue weighted by molar-refractivity contribution is 0.0880. The number of nitrogens with one attached hydrogen (secondary N) is 1. The van der Waals surface area contributed by atoms with Crippen LogP contribution in [0.4, 0.5) is 5.69 Å². The van der Waals surface area contributed by atoms with Crippen LogP contribution in [0.15, 0.2) is 22.7 Å². The minimum Gasteiger partial charge on any atom is -0.399 e. The lowest BCUT2D eigenvalue weighted by Gasteiger charge is -2.37. The molecule has 0 bridgehead atoms. The molecule has 110 valence electrons. The van der Waals surface area contributed by atoms with E-state index in [0.717, 1.165) is 24.1 Å². The maximum Gasteiger partial charge on any atom is 0.252 e. The summed E-state index contributed by atoms with van der Waals surface area (Å²) in [6.45, 7) is 3.70. The standard InChI is InChI=1S/C14H21BrN4O/c1-18-5-6-19(2)11(9-18)8-17-14(20)12-7-10(16)3-4-13(12)15/h3-4,7,11H,5-6,8-9,16H2,1-2H3,(H,17,20). The highest BCUT2D eigenvalue weighted by molar-refractivity contribution is 9.10. The van der Waals surface area contributed by atoms with Crippen LogP contribution in [0.3, 0.4) is 0 Å². The third-order valence-electron chi connectivity index (χ3n) is 3.71. The van der Waals surface area contributed by atoms with Gasteiger partial charge in [-0.1, -0.05) is 0 Å². The van der Waals surface area contributed by atoms with Gasteiger partial charge >= 0.3 is 0 Å². The van der Waals surface area contributed by atoms with E-state index in [4.69, 9.17) is 5.73 Å². The SMILES string of the molecule is CN1CCN(C)C(CNC(=O)c2cc(N)ccc2Br)C1.